The molecule has 0 fully saturated rings. The van der Waals surface area contributed by atoms with Crippen molar-refractivity contribution < 1.29 is 4.74 Å². The molecule has 0 unspecified atom stereocenters. The molecule has 4 heteroatoms. The van der Waals surface area contributed by atoms with Gasteiger partial charge in [-0.2, -0.15) is 5.10 Å². The summed E-state index contributed by atoms with van der Waals surface area (Å²) < 4.78 is 7.31. The third-order valence-corrected chi connectivity index (χ3v) is 2.62. The molecular formula is C12H23N3O. The number of nitrogens with zero attached hydrogens (tertiary/aromatic N) is 2. The summed E-state index contributed by atoms with van der Waals surface area (Å²) in [4.78, 5) is 0. The summed E-state index contributed by atoms with van der Waals surface area (Å²) in [5, 5.41) is 7.69. The van der Waals surface area contributed by atoms with E-state index in [1.54, 1.807) is 13.3 Å². The van der Waals surface area contributed by atoms with Crippen LogP contribution in [0.15, 0.2) is 6.20 Å². The Morgan fingerprint density at radius 3 is 2.81 bits per heavy atom. The van der Waals surface area contributed by atoms with Crippen molar-refractivity contribution in [3.63, 3.8) is 0 Å². The molecule has 0 saturated heterocycles. The largest absolute Gasteiger partial charge is 0.493 e. The Labute approximate surface area is 98.0 Å². The van der Waals surface area contributed by atoms with E-state index in [0.717, 1.165) is 38.2 Å². The molecule has 0 saturated carbocycles. The molecule has 1 aromatic rings. The van der Waals surface area contributed by atoms with Crippen LogP contribution < -0.4 is 10.1 Å². The lowest BCUT2D eigenvalue weighted by Crippen LogP contribution is -2.17. The van der Waals surface area contributed by atoms with Crippen LogP contribution in [0.4, 0.5) is 0 Å². The molecule has 1 rings (SSSR count). The second-order valence-corrected chi connectivity index (χ2v) is 3.83. The number of ether oxygens (including phenoxy) is 1. The molecule has 1 heterocycles. The standard InChI is InChI=1S/C12H23N3O/c1-4-8-13-9-6-7-11-12(16-3)10-14-15(11)5-2/h10,13H,4-9H2,1-3H3. The summed E-state index contributed by atoms with van der Waals surface area (Å²) in [6, 6.07) is 0. The van der Waals surface area contributed by atoms with Crippen molar-refractivity contribution in [2.24, 2.45) is 0 Å². The molecular weight excluding hydrogens is 202 g/mol. The number of hydrogen-bond donors (Lipinski definition) is 1. The molecule has 1 aromatic heterocycles. The van der Waals surface area contributed by atoms with Gasteiger partial charge in [-0.1, -0.05) is 6.92 Å². The van der Waals surface area contributed by atoms with Crippen LogP contribution in [0, 0.1) is 0 Å². The van der Waals surface area contributed by atoms with E-state index >= 15 is 0 Å². The Hall–Kier alpha value is -1.03. The molecule has 92 valence electrons. The van der Waals surface area contributed by atoms with Crippen molar-refractivity contribution in [1.29, 1.82) is 0 Å². The minimum Gasteiger partial charge on any atom is -0.493 e. The molecule has 0 atom stereocenters. The van der Waals surface area contributed by atoms with Gasteiger partial charge < -0.3 is 10.1 Å². The molecule has 0 bridgehead atoms. The number of nitrogens with one attached hydrogen (secondary N) is 1. The highest BCUT2D eigenvalue weighted by Crippen LogP contribution is 2.18. The van der Waals surface area contributed by atoms with Gasteiger partial charge in [0.15, 0.2) is 5.75 Å². The Bertz CT molecular complexity index is 275. The van der Waals surface area contributed by atoms with Gasteiger partial charge in [0.05, 0.1) is 19.0 Å². The molecule has 16 heavy (non-hydrogen) atoms. The first-order valence-corrected chi connectivity index (χ1v) is 6.12. The first-order chi connectivity index (χ1) is 7.83. The smallest absolute Gasteiger partial charge is 0.159 e. The molecule has 0 aliphatic rings. The third kappa shape index (κ3) is 3.52. The quantitative estimate of drug-likeness (QED) is 0.686. The first-order valence-electron chi connectivity index (χ1n) is 6.12. The molecule has 1 N–H and O–H groups in total. The Kier molecular flexibility index (Phi) is 5.93. The van der Waals surface area contributed by atoms with Crippen LogP contribution in [-0.2, 0) is 13.0 Å². The molecule has 0 amide bonds. The van der Waals surface area contributed by atoms with E-state index in [1.807, 2.05) is 4.68 Å². The fourth-order valence-electron chi connectivity index (χ4n) is 1.77. The van der Waals surface area contributed by atoms with E-state index in [-0.39, 0.29) is 0 Å². The Morgan fingerprint density at radius 1 is 1.38 bits per heavy atom. The first kappa shape index (κ1) is 13.0. The lowest BCUT2D eigenvalue weighted by Gasteiger charge is -2.07. The van der Waals surface area contributed by atoms with Crippen LogP contribution in [-0.4, -0.2) is 30.0 Å². The van der Waals surface area contributed by atoms with Crippen LogP contribution in [0.5, 0.6) is 5.75 Å². The van der Waals surface area contributed by atoms with Crippen LogP contribution >= 0.6 is 0 Å². The van der Waals surface area contributed by atoms with Gasteiger partial charge >= 0.3 is 0 Å². The lowest BCUT2D eigenvalue weighted by molar-refractivity contribution is 0.406. The van der Waals surface area contributed by atoms with Crippen LogP contribution in [0.1, 0.15) is 32.4 Å². The van der Waals surface area contributed by atoms with Crippen LogP contribution in [0.2, 0.25) is 0 Å². The molecule has 4 nitrogen and oxygen atoms in total. The van der Waals surface area contributed by atoms with Gasteiger partial charge in [0.1, 0.15) is 0 Å². The normalized spacial score (nSPS) is 10.7. The molecule has 0 aliphatic carbocycles. The van der Waals surface area contributed by atoms with Crippen molar-refractivity contribution in [3.05, 3.63) is 11.9 Å². The van der Waals surface area contributed by atoms with Crippen LogP contribution in [0.25, 0.3) is 0 Å². The van der Waals surface area contributed by atoms with Crippen molar-refractivity contribution >= 4 is 0 Å². The number of rotatable bonds is 8. The summed E-state index contributed by atoms with van der Waals surface area (Å²) in [5.41, 5.74) is 1.21. The van der Waals surface area contributed by atoms with E-state index in [9.17, 15) is 0 Å². The molecule has 0 aromatic carbocycles. The summed E-state index contributed by atoms with van der Waals surface area (Å²) in [6.45, 7) is 7.35. The highest BCUT2D eigenvalue weighted by Gasteiger charge is 2.09. The van der Waals surface area contributed by atoms with Gasteiger partial charge in [-0.3, -0.25) is 4.68 Å². The van der Waals surface area contributed by atoms with E-state index in [2.05, 4.69) is 24.3 Å². The minimum absolute atomic E-state index is 0.904. The van der Waals surface area contributed by atoms with Gasteiger partial charge in [-0.05, 0) is 39.3 Å². The van der Waals surface area contributed by atoms with Crippen molar-refractivity contribution in [1.82, 2.24) is 15.1 Å². The average molecular weight is 225 g/mol. The van der Waals surface area contributed by atoms with Crippen LogP contribution in [0.3, 0.4) is 0 Å². The monoisotopic (exact) mass is 225 g/mol. The maximum Gasteiger partial charge on any atom is 0.159 e. The number of aryl methyl sites for hydroxylation is 1. The molecule has 0 spiro atoms. The second-order valence-electron chi connectivity index (χ2n) is 3.83. The zero-order chi connectivity index (χ0) is 11.8. The maximum absolute atomic E-state index is 5.30. The number of aromatic nitrogens is 2. The van der Waals surface area contributed by atoms with Crippen molar-refractivity contribution in [2.45, 2.75) is 39.7 Å². The van der Waals surface area contributed by atoms with Gasteiger partial charge in [0.2, 0.25) is 0 Å². The van der Waals surface area contributed by atoms with Gasteiger partial charge in [-0.15, -0.1) is 0 Å². The highest BCUT2D eigenvalue weighted by atomic mass is 16.5. The second kappa shape index (κ2) is 7.28. The Morgan fingerprint density at radius 2 is 2.19 bits per heavy atom. The molecule has 0 radical (unpaired) electrons. The van der Waals surface area contributed by atoms with Crippen molar-refractivity contribution in [3.8, 4) is 5.75 Å². The predicted octanol–water partition coefficient (Wildman–Crippen LogP) is 1.84. The van der Waals surface area contributed by atoms with E-state index < -0.39 is 0 Å². The van der Waals surface area contributed by atoms with E-state index in [4.69, 9.17) is 4.74 Å². The van der Waals surface area contributed by atoms with E-state index in [1.165, 1.54) is 12.1 Å². The minimum atomic E-state index is 0.904. The fraction of sp³-hybridized carbons (Fsp3) is 0.750. The maximum atomic E-state index is 5.30. The third-order valence-electron chi connectivity index (χ3n) is 2.62. The summed E-state index contributed by atoms with van der Waals surface area (Å²) in [7, 11) is 1.70. The predicted molar refractivity (Wildman–Crippen MR) is 65.9 cm³/mol. The SMILES string of the molecule is CCCNCCCc1c(OC)cnn1CC. The summed E-state index contributed by atoms with van der Waals surface area (Å²) >= 11 is 0. The molecule has 0 aliphatic heterocycles. The van der Waals surface area contributed by atoms with E-state index in [0.29, 0.717) is 0 Å². The Balaban J connectivity index is 2.41. The average Bonchev–Trinajstić information content (AvgIpc) is 2.71. The summed E-state index contributed by atoms with van der Waals surface area (Å²) in [5.74, 6) is 0.914. The zero-order valence-electron chi connectivity index (χ0n) is 10.6. The van der Waals surface area contributed by atoms with Gasteiger partial charge in [-0.25, -0.2) is 0 Å². The zero-order valence-corrected chi connectivity index (χ0v) is 10.6. The van der Waals surface area contributed by atoms with Gasteiger partial charge in [0.25, 0.3) is 0 Å². The number of hydrogen-bond acceptors (Lipinski definition) is 3. The summed E-state index contributed by atoms with van der Waals surface area (Å²) in [6.07, 6.45) is 5.14. The number of methoxy groups -OCH3 is 1. The topological polar surface area (TPSA) is 39.1 Å². The van der Waals surface area contributed by atoms with Gasteiger partial charge in [0, 0.05) is 6.54 Å². The van der Waals surface area contributed by atoms with Crippen molar-refractivity contribution in [2.75, 3.05) is 20.2 Å². The fourth-order valence-corrected chi connectivity index (χ4v) is 1.77. The lowest BCUT2D eigenvalue weighted by atomic mass is 10.2. The highest BCUT2D eigenvalue weighted by molar-refractivity contribution is 5.25.